The normalized spacial score (nSPS) is 24.5. The summed E-state index contributed by atoms with van der Waals surface area (Å²) in [5.41, 5.74) is 3.46. The SMILES string of the molecule is CCCc1ccc(C(=O)[C@@H]2[C@H](C(=O)OCC)N3c4ccccc4C=C[C@@H]3[C@]23C(=O)Nc2ccccc23)cc1. The quantitative estimate of drug-likeness (QED) is 0.369. The van der Waals surface area contributed by atoms with Crippen LogP contribution in [0, 0.1) is 5.92 Å². The number of esters is 1. The highest BCUT2D eigenvalue weighted by Crippen LogP contribution is 2.57. The second-order valence-corrected chi connectivity index (χ2v) is 10.1. The number of rotatable bonds is 6. The van der Waals surface area contributed by atoms with E-state index in [-0.39, 0.29) is 18.3 Å². The molecule has 6 nitrogen and oxygen atoms in total. The number of hydrogen-bond donors (Lipinski definition) is 1. The zero-order chi connectivity index (χ0) is 26.4. The molecule has 1 saturated heterocycles. The Morgan fingerprint density at radius 3 is 2.47 bits per heavy atom. The summed E-state index contributed by atoms with van der Waals surface area (Å²) in [7, 11) is 0. The van der Waals surface area contributed by atoms with Gasteiger partial charge in [0.15, 0.2) is 5.78 Å². The number of ketones is 1. The van der Waals surface area contributed by atoms with Crippen LogP contribution in [0.3, 0.4) is 0 Å². The fourth-order valence-corrected chi connectivity index (χ4v) is 6.62. The third-order valence-corrected chi connectivity index (χ3v) is 8.13. The minimum Gasteiger partial charge on any atom is -0.464 e. The number of nitrogens with zero attached hydrogens (tertiary/aromatic N) is 1. The number of benzene rings is 3. The molecule has 0 bridgehead atoms. The van der Waals surface area contributed by atoms with Crippen LogP contribution in [-0.4, -0.2) is 36.4 Å². The molecule has 6 heteroatoms. The molecule has 0 saturated carbocycles. The van der Waals surface area contributed by atoms with Crippen molar-refractivity contribution in [3.05, 3.63) is 101 Å². The molecule has 3 aliphatic heterocycles. The van der Waals surface area contributed by atoms with Crippen molar-refractivity contribution in [3.63, 3.8) is 0 Å². The summed E-state index contributed by atoms with van der Waals surface area (Å²) < 4.78 is 5.59. The van der Waals surface area contributed by atoms with Crippen LogP contribution in [0.1, 0.15) is 47.3 Å². The highest BCUT2D eigenvalue weighted by molar-refractivity contribution is 6.16. The number of fused-ring (bicyclic) bond motifs is 6. The van der Waals surface area contributed by atoms with Gasteiger partial charge in [-0.15, -0.1) is 0 Å². The summed E-state index contributed by atoms with van der Waals surface area (Å²) in [6.45, 7) is 4.04. The lowest BCUT2D eigenvalue weighted by Gasteiger charge is -2.37. The van der Waals surface area contributed by atoms with Crippen LogP contribution in [0.2, 0.25) is 0 Å². The molecule has 6 rings (SSSR count). The molecule has 0 aliphatic carbocycles. The number of aryl methyl sites for hydroxylation is 1. The van der Waals surface area contributed by atoms with Gasteiger partial charge in [-0.1, -0.05) is 86.2 Å². The first-order valence-corrected chi connectivity index (χ1v) is 13.3. The first-order chi connectivity index (χ1) is 18.5. The molecule has 1 N–H and O–H groups in total. The van der Waals surface area contributed by atoms with Gasteiger partial charge < -0.3 is 15.0 Å². The van der Waals surface area contributed by atoms with Crippen LogP contribution in [0.25, 0.3) is 6.08 Å². The largest absolute Gasteiger partial charge is 0.464 e. The lowest BCUT2D eigenvalue weighted by Crippen LogP contribution is -2.51. The summed E-state index contributed by atoms with van der Waals surface area (Å²) in [5, 5.41) is 3.04. The highest BCUT2D eigenvalue weighted by Gasteiger charge is 2.70. The van der Waals surface area contributed by atoms with Crippen molar-refractivity contribution in [1.82, 2.24) is 0 Å². The average Bonchev–Trinajstić information content (AvgIpc) is 3.42. The number of carbonyl (C=O) groups is 3. The van der Waals surface area contributed by atoms with Gasteiger partial charge in [0.1, 0.15) is 11.5 Å². The van der Waals surface area contributed by atoms with Crippen LogP contribution in [0.15, 0.2) is 78.9 Å². The molecule has 3 aliphatic rings. The topological polar surface area (TPSA) is 75.7 Å². The summed E-state index contributed by atoms with van der Waals surface area (Å²) in [4.78, 5) is 44.5. The van der Waals surface area contributed by atoms with Crippen molar-refractivity contribution in [2.24, 2.45) is 5.92 Å². The minimum absolute atomic E-state index is 0.174. The Morgan fingerprint density at radius 2 is 1.71 bits per heavy atom. The van der Waals surface area contributed by atoms with Gasteiger partial charge in [0.05, 0.1) is 18.6 Å². The van der Waals surface area contributed by atoms with E-state index < -0.39 is 29.4 Å². The summed E-state index contributed by atoms with van der Waals surface area (Å²) in [6, 6.07) is 21.3. The number of nitrogens with one attached hydrogen (secondary N) is 1. The van der Waals surface area contributed by atoms with E-state index in [2.05, 4.69) is 12.2 Å². The summed E-state index contributed by atoms with van der Waals surface area (Å²) in [5.74, 6) is -2.01. The number of Topliss-reactive ketones (excluding diaryl/α,β-unsaturated/α-hetero) is 1. The first-order valence-electron chi connectivity index (χ1n) is 13.3. The molecule has 0 unspecified atom stereocenters. The maximum Gasteiger partial charge on any atom is 0.329 e. The molecule has 1 fully saturated rings. The van der Waals surface area contributed by atoms with E-state index in [4.69, 9.17) is 4.74 Å². The predicted octanol–water partition coefficient (Wildman–Crippen LogP) is 5.18. The Bertz CT molecular complexity index is 1460. The molecule has 3 aromatic rings. The Morgan fingerprint density at radius 1 is 0.974 bits per heavy atom. The zero-order valence-corrected chi connectivity index (χ0v) is 21.5. The molecular weight excluding hydrogens is 476 g/mol. The average molecular weight is 507 g/mol. The number of para-hydroxylation sites is 2. The number of ether oxygens (including phenoxy) is 1. The van der Waals surface area contributed by atoms with Crippen molar-refractivity contribution in [1.29, 1.82) is 0 Å². The maximum atomic E-state index is 14.6. The van der Waals surface area contributed by atoms with E-state index >= 15 is 0 Å². The van der Waals surface area contributed by atoms with Crippen LogP contribution in [0.4, 0.5) is 11.4 Å². The van der Waals surface area contributed by atoms with Gasteiger partial charge in [0.25, 0.3) is 0 Å². The van der Waals surface area contributed by atoms with Gasteiger partial charge in [-0.3, -0.25) is 9.59 Å². The molecule has 0 aromatic heterocycles. The lowest BCUT2D eigenvalue weighted by molar-refractivity contribution is -0.145. The molecule has 3 aromatic carbocycles. The van der Waals surface area contributed by atoms with E-state index in [0.29, 0.717) is 11.3 Å². The number of amides is 1. The zero-order valence-electron chi connectivity index (χ0n) is 21.5. The van der Waals surface area contributed by atoms with Gasteiger partial charge >= 0.3 is 5.97 Å². The molecule has 1 amide bonds. The Hall–Kier alpha value is -4.19. The smallest absolute Gasteiger partial charge is 0.329 e. The molecule has 3 heterocycles. The third-order valence-electron chi connectivity index (χ3n) is 8.13. The standard InChI is InChI=1S/C32H30N2O4/c1-3-9-20-14-16-22(17-15-20)29(35)27-28(30(36)38-4-2)34-25-13-8-5-10-21(25)18-19-26(34)32(27)23-11-6-7-12-24(23)33-31(32)37/h5-8,10-19,26-28H,3-4,9H2,1-2H3,(H,33,37)/t26-,27+,28-,32+/m1/s1. The van der Waals surface area contributed by atoms with Gasteiger partial charge in [0.2, 0.25) is 5.91 Å². The second kappa shape index (κ2) is 9.28. The van der Waals surface area contributed by atoms with Gasteiger partial charge in [-0.2, -0.15) is 0 Å². The number of carbonyl (C=O) groups excluding carboxylic acids is 3. The van der Waals surface area contributed by atoms with Crippen LogP contribution < -0.4 is 10.2 Å². The van der Waals surface area contributed by atoms with E-state index in [9.17, 15) is 14.4 Å². The molecule has 0 radical (unpaired) electrons. The Labute approximate surface area is 222 Å². The van der Waals surface area contributed by atoms with Crippen molar-refractivity contribution in [2.75, 3.05) is 16.8 Å². The van der Waals surface area contributed by atoms with E-state index in [0.717, 1.165) is 35.2 Å². The molecule has 1 spiro atoms. The van der Waals surface area contributed by atoms with Gasteiger partial charge in [-0.25, -0.2) is 4.79 Å². The molecule has 38 heavy (non-hydrogen) atoms. The van der Waals surface area contributed by atoms with Crippen LogP contribution in [-0.2, 0) is 26.2 Å². The van der Waals surface area contributed by atoms with E-state index in [1.54, 1.807) is 6.92 Å². The van der Waals surface area contributed by atoms with Crippen LogP contribution >= 0.6 is 0 Å². The molecule has 4 atom stereocenters. The predicted molar refractivity (Wildman–Crippen MR) is 147 cm³/mol. The lowest BCUT2D eigenvalue weighted by atomic mass is 9.64. The van der Waals surface area contributed by atoms with Gasteiger partial charge in [0, 0.05) is 16.9 Å². The fraction of sp³-hybridized carbons (Fsp3) is 0.281. The van der Waals surface area contributed by atoms with E-state index in [1.807, 2.05) is 89.8 Å². The fourth-order valence-electron chi connectivity index (χ4n) is 6.62. The van der Waals surface area contributed by atoms with E-state index in [1.165, 1.54) is 0 Å². The molecule has 192 valence electrons. The van der Waals surface area contributed by atoms with Crippen LogP contribution in [0.5, 0.6) is 0 Å². The van der Waals surface area contributed by atoms with Crippen molar-refractivity contribution in [2.45, 2.75) is 44.2 Å². The van der Waals surface area contributed by atoms with Crippen molar-refractivity contribution in [3.8, 4) is 0 Å². The monoisotopic (exact) mass is 506 g/mol. The minimum atomic E-state index is -1.31. The second-order valence-electron chi connectivity index (χ2n) is 10.1. The van der Waals surface area contributed by atoms with Gasteiger partial charge in [-0.05, 0) is 42.2 Å². The number of hydrogen-bond acceptors (Lipinski definition) is 5. The van der Waals surface area contributed by atoms with Crippen molar-refractivity contribution >= 4 is 35.1 Å². The number of anilines is 2. The Kier molecular flexibility index (Phi) is 5.90. The molecular formula is C32H30N2O4. The highest BCUT2D eigenvalue weighted by atomic mass is 16.5. The first kappa shape index (κ1) is 24.2. The summed E-state index contributed by atoms with van der Waals surface area (Å²) >= 11 is 0. The van der Waals surface area contributed by atoms with Crippen molar-refractivity contribution < 1.29 is 19.1 Å². The third kappa shape index (κ3) is 3.36. The summed E-state index contributed by atoms with van der Waals surface area (Å²) in [6.07, 6.45) is 5.87. The maximum absolute atomic E-state index is 14.6. The Balaban J connectivity index is 1.60.